The van der Waals surface area contributed by atoms with Crippen LogP contribution < -0.4 is 5.73 Å². The van der Waals surface area contributed by atoms with E-state index in [-0.39, 0.29) is 26.0 Å². The number of nitrogens with two attached hydrogens (primary N) is 1. The summed E-state index contributed by atoms with van der Waals surface area (Å²) < 4.78 is 19.2. The van der Waals surface area contributed by atoms with E-state index in [1.807, 2.05) is 12.6 Å². The molecule has 8 heteroatoms. The minimum atomic E-state index is -2.81. The molecule has 0 aromatic heterocycles. The van der Waals surface area contributed by atoms with Crippen LogP contribution in [0.25, 0.3) is 0 Å². The Morgan fingerprint density at radius 1 is 0.500 bits per heavy atom. The first-order chi connectivity index (χ1) is 20.0. The summed E-state index contributed by atoms with van der Waals surface area (Å²) in [6.45, 7) is 4.24. The summed E-state index contributed by atoms with van der Waals surface area (Å²) >= 11 is 0. The third-order valence-electron chi connectivity index (χ3n) is 7.16. The summed E-state index contributed by atoms with van der Waals surface area (Å²) in [6, 6.07) is 0. The number of aliphatic hydroxyl groups is 1. The Labute approximate surface area is 274 Å². The second kappa shape index (κ2) is 47.7. The van der Waals surface area contributed by atoms with Crippen LogP contribution in [0.1, 0.15) is 194 Å². The van der Waals surface area contributed by atoms with Crippen LogP contribution in [0.5, 0.6) is 0 Å². The second-order valence-electron chi connectivity index (χ2n) is 11.2. The Bertz CT molecular complexity index is 522. The van der Waals surface area contributed by atoms with Crippen molar-refractivity contribution in [1.29, 1.82) is 0 Å². The molecule has 42 heavy (non-hydrogen) atoms. The van der Waals surface area contributed by atoms with Crippen LogP contribution in [0, 0.1) is 5.85 Å². The van der Waals surface area contributed by atoms with Crippen molar-refractivity contribution in [3.05, 3.63) is 5.85 Å². The SMILES string of the molecule is CCCCCCCCCCCCCCC[C-]=O.CCCCCCCCCCCCCCC[C-]=O.NC[C-](O)P(=O)=O.[Rh+3]. The van der Waals surface area contributed by atoms with E-state index in [1.54, 1.807) is 0 Å². The Hall–Kier alpha value is -0.217. The molecular formula is C34H67NO5PRh. The number of carbonyl (C=O) groups excluding carboxylic acids is 2. The molecule has 0 bridgehead atoms. The topological polar surface area (TPSA) is 115 Å². The van der Waals surface area contributed by atoms with Crippen LogP contribution in [0.15, 0.2) is 0 Å². The van der Waals surface area contributed by atoms with Gasteiger partial charge in [-0.3, -0.25) is 21.7 Å². The zero-order valence-electron chi connectivity index (χ0n) is 27.4. The smallest absolute Gasteiger partial charge is 0.547 e. The van der Waals surface area contributed by atoms with Gasteiger partial charge in [-0.15, -0.1) is 0 Å². The summed E-state index contributed by atoms with van der Waals surface area (Å²) in [5, 5.41) is 8.13. The number of unbranched alkanes of at least 4 members (excludes halogenated alkanes) is 26. The van der Waals surface area contributed by atoms with Crippen LogP contribution in [-0.4, -0.2) is 24.2 Å². The van der Waals surface area contributed by atoms with Crippen molar-refractivity contribution >= 4 is 20.3 Å². The molecule has 0 aromatic carbocycles. The Morgan fingerprint density at radius 2 is 0.714 bits per heavy atom. The van der Waals surface area contributed by atoms with Gasteiger partial charge in [-0.25, -0.2) is 0 Å². The molecule has 0 unspecified atom stereocenters. The van der Waals surface area contributed by atoms with Crippen molar-refractivity contribution in [2.45, 2.75) is 194 Å². The molecule has 0 spiro atoms. The van der Waals surface area contributed by atoms with Crippen LogP contribution >= 0.6 is 7.68 Å². The molecule has 0 radical (unpaired) electrons. The molecular weight excluding hydrogens is 636 g/mol. The summed E-state index contributed by atoms with van der Waals surface area (Å²) in [4.78, 5) is 20.0. The summed E-state index contributed by atoms with van der Waals surface area (Å²) in [5.41, 5.74) is 4.70. The average Bonchev–Trinajstić information content (AvgIpc) is 2.98. The van der Waals surface area contributed by atoms with Gasteiger partial charge in [0.15, 0.2) is 7.68 Å². The predicted molar refractivity (Wildman–Crippen MR) is 175 cm³/mol. The van der Waals surface area contributed by atoms with Crippen LogP contribution in [-0.2, 0) is 38.2 Å². The first kappa shape index (κ1) is 48.7. The number of hydrogen-bond acceptors (Lipinski definition) is 6. The Balaban J connectivity index is -0.000000276. The van der Waals surface area contributed by atoms with Gasteiger partial charge >= 0.3 is 19.5 Å². The van der Waals surface area contributed by atoms with Gasteiger partial charge in [0.1, 0.15) is 0 Å². The Kier molecular flexibility index (Phi) is 55.3. The van der Waals surface area contributed by atoms with E-state index in [0.29, 0.717) is 12.8 Å². The van der Waals surface area contributed by atoms with Gasteiger partial charge in [0.05, 0.1) is 0 Å². The monoisotopic (exact) mass is 703 g/mol. The van der Waals surface area contributed by atoms with Crippen molar-refractivity contribution < 1.29 is 43.3 Å². The molecule has 0 aliphatic carbocycles. The Morgan fingerprint density at radius 3 is 0.857 bits per heavy atom. The van der Waals surface area contributed by atoms with Gasteiger partial charge in [0.25, 0.3) is 0 Å². The molecule has 252 valence electrons. The summed E-state index contributed by atoms with van der Waals surface area (Å²) in [7, 11) is -2.81. The minimum Gasteiger partial charge on any atom is -0.547 e. The van der Waals surface area contributed by atoms with E-state index in [4.69, 9.17) is 10.8 Å². The third-order valence-corrected chi connectivity index (χ3v) is 7.76. The average molecular weight is 704 g/mol. The number of hydrogen-bond donors (Lipinski definition) is 2. The van der Waals surface area contributed by atoms with E-state index in [0.717, 1.165) is 12.8 Å². The van der Waals surface area contributed by atoms with Gasteiger partial charge in [-0.1, -0.05) is 193 Å². The molecule has 0 saturated carbocycles. The van der Waals surface area contributed by atoms with Crippen LogP contribution in [0.2, 0.25) is 0 Å². The quantitative estimate of drug-likeness (QED) is 0.0333. The normalized spacial score (nSPS) is 10.2. The van der Waals surface area contributed by atoms with Gasteiger partial charge in [0.2, 0.25) is 0 Å². The maximum atomic E-state index is 9.98. The fourth-order valence-electron chi connectivity index (χ4n) is 4.50. The molecule has 0 atom stereocenters. The minimum absolute atomic E-state index is 0. The van der Waals surface area contributed by atoms with Crippen molar-refractivity contribution in [2.24, 2.45) is 5.73 Å². The molecule has 6 nitrogen and oxygen atoms in total. The summed E-state index contributed by atoms with van der Waals surface area (Å²) in [6.07, 6.45) is 40.5. The first-order valence-electron chi connectivity index (χ1n) is 17.1. The molecule has 3 N–H and O–H groups in total. The van der Waals surface area contributed by atoms with Gasteiger partial charge < -0.3 is 20.4 Å². The fraction of sp³-hybridized carbons (Fsp3) is 0.912. The largest absolute Gasteiger partial charge is 3.00 e. The van der Waals surface area contributed by atoms with Crippen molar-refractivity contribution in [1.82, 2.24) is 0 Å². The molecule has 0 amide bonds. The predicted octanol–water partition coefficient (Wildman–Crippen LogP) is 11.1. The molecule has 0 aliphatic heterocycles. The molecule has 0 rings (SSSR count). The van der Waals surface area contributed by atoms with Gasteiger partial charge in [0, 0.05) is 0 Å². The van der Waals surface area contributed by atoms with Gasteiger partial charge in [-0.05, 0) is 0 Å². The standard InChI is InChI=1S/2C16H31O.C2H5NO3P.Rh/c2*1-2-3-4-5-6-7-8-9-10-11-12-13-14-15-16-17;3-1-2(4)7(5)6;/h2*2-15H2,1H3;4H,1,3H2;/q3*-1;+3. The van der Waals surface area contributed by atoms with Crippen molar-refractivity contribution in [3.8, 4) is 0 Å². The van der Waals surface area contributed by atoms with E-state index < -0.39 is 13.5 Å². The number of rotatable bonds is 30. The molecule has 0 aromatic rings. The fourth-order valence-corrected chi connectivity index (χ4v) is 4.65. The number of aliphatic hydroxyl groups excluding tert-OH is 1. The molecule has 0 heterocycles. The van der Waals surface area contributed by atoms with Gasteiger partial charge in [-0.2, -0.15) is 12.8 Å². The maximum absolute atomic E-state index is 9.98. The van der Waals surface area contributed by atoms with E-state index in [2.05, 4.69) is 13.8 Å². The molecule has 0 aliphatic rings. The second-order valence-corrected chi connectivity index (χ2v) is 12.2. The van der Waals surface area contributed by atoms with Crippen molar-refractivity contribution in [3.63, 3.8) is 0 Å². The van der Waals surface area contributed by atoms with E-state index in [9.17, 15) is 18.7 Å². The maximum Gasteiger partial charge on any atom is 3.00 e. The summed E-state index contributed by atoms with van der Waals surface area (Å²) in [5.74, 6) is -0.671. The first-order valence-corrected chi connectivity index (χ1v) is 18.3. The zero-order chi connectivity index (χ0) is 31.1. The van der Waals surface area contributed by atoms with E-state index >= 15 is 0 Å². The van der Waals surface area contributed by atoms with Crippen molar-refractivity contribution in [2.75, 3.05) is 6.54 Å². The molecule has 0 saturated heterocycles. The molecule has 0 fully saturated rings. The zero-order valence-corrected chi connectivity index (χ0v) is 30.0. The van der Waals surface area contributed by atoms with Crippen LogP contribution in [0.3, 0.4) is 0 Å². The van der Waals surface area contributed by atoms with Crippen LogP contribution in [0.4, 0.5) is 0 Å². The third kappa shape index (κ3) is 52.4. The van der Waals surface area contributed by atoms with E-state index in [1.165, 1.54) is 154 Å².